The number of amides is 2. The van der Waals surface area contributed by atoms with Crippen LogP contribution in [0.15, 0.2) is 59.8 Å². The van der Waals surface area contributed by atoms with Crippen molar-refractivity contribution in [3.63, 3.8) is 0 Å². The molecule has 1 aliphatic rings. The van der Waals surface area contributed by atoms with E-state index in [4.69, 9.17) is 14.2 Å². The summed E-state index contributed by atoms with van der Waals surface area (Å²) in [4.78, 5) is 26.9. The Kier molecular flexibility index (Phi) is 6.61. The van der Waals surface area contributed by atoms with Crippen molar-refractivity contribution in [2.24, 2.45) is 0 Å². The van der Waals surface area contributed by atoms with E-state index < -0.39 is 12.0 Å². The van der Waals surface area contributed by atoms with Crippen LogP contribution in [0.25, 0.3) is 0 Å². The second-order valence-corrected chi connectivity index (χ2v) is 6.90. The number of likely N-dealkylation sites (N-methyl/N-ethyl adjacent to an activating group) is 1. The van der Waals surface area contributed by atoms with E-state index in [1.165, 1.54) is 4.90 Å². The first kappa shape index (κ1) is 21.2. The standard InChI is InChI=1S/C23H26N2O5/c1-5-29-22(26)20-19(14-30-18-12-10-17(28-4)11-13-18)25(3)23(27)24-21(20)16-8-6-15(2)7-9-16/h6-13,21H,5,14H2,1-4H3,(H,24,27). The van der Waals surface area contributed by atoms with Crippen LogP contribution in [0.4, 0.5) is 4.79 Å². The van der Waals surface area contributed by atoms with Gasteiger partial charge in [-0.25, -0.2) is 9.59 Å². The van der Waals surface area contributed by atoms with E-state index in [0.717, 1.165) is 11.1 Å². The Bertz CT molecular complexity index is 935. The van der Waals surface area contributed by atoms with E-state index >= 15 is 0 Å². The summed E-state index contributed by atoms with van der Waals surface area (Å²) >= 11 is 0. The predicted molar refractivity (Wildman–Crippen MR) is 112 cm³/mol. The number of ether oxygens (including phenoxy) is 3. The lowest BCUT2D eigenvalue weighted by atomic mass is 9.94. The normalized spacial score (nSPS) is 16.2. The van der Waals surface area contributed by atoms with Crippen molar-refractivity contribution < 1.29 is 23.8 Å². The molecule has 0 saturated carbocycles. The molecular formula is C23H26N2O5. The topological polar surface area (TPSA) is 77.1 Å². The third-order valence-electron chi connectivity index (χ3n) is 4.92. The first-order valence-electron chi connectivity index (χ1n) is 9.72. The Balaban J connectivity index is 1.98. The molecule has 0 spiro atoms. The van der Waals surface area contributed by atoms with E-state index in [0.29, 0.717) is 22.8 Å². The van der Waals surface area contributed by atoms with E-state index in [2.05, 4.69) is 5.32 Å². The lowest BCUT2D eigenvalue weighted by Gasteiger charge is -2.34. The molecule has 0 fully saturated rings. The van der Waals surface area contributed by atoms with Crippen molar-refractivity contribution in [1.82, 2.24) is 10.2 Å². The van der Waals surface area contributed by atoms with Gasteiger partial charge in [0.25, 0.3) is 0 Å². The number of esters is 1. The average Bonchev–Trinajstić information content (AvgIpc) is 2.75. The lowest BCUT2D eigenvalue weighted by Crippen LogP contribution is -2.48. The van der Waals surface area contributed by atoms with Crippen molar-refractivity contribution in [2.45, 2.75) is 19.9 Å². The number of rotatable bonds is 7. The van der Waals surface area contributed by atoms with E-state index in [1.807, 2.05) is 31.2 Å². The van der Waals surface area contributed by atoms with E-state index in [9.17, 15) is 9.59 Å². The third-order valence-corrected chi connectivity index (χ3v) is 4.92. The molecule has 2 aromatic carbocycles. The van der Waals surface area contributed by atoms with E-state index in [1.54, 1.807) is 45.3 Å². The van der Waals surface area contributed by atoms with Gasteiger partial charge in [0.1, 0.15) is 18.1 Å². The number of methoxy groups -OCH3 is 1. The lowest BCUT2D eigenvalue weighted by molar-refractivity contribution is -0.139. The van der Waals surface area contributed by atoms with Crippen LogP contribution in [0.1, 0.15) is 24.1 Å². The van der Waals surface area contributed by atoms with Crippen LogP contribution < -0.4 is 14.8 Å². The van der Waals surface area contributed by atoms with Gasteiger partial charge in [-0.3, -0.25) is 4.90 Å². The van der Waals surface area contributed by atoms with Gasteiger partial charge < -0.3 is 19.5 Å². The van der Waals surface area contributed by atoms with Crippen LogP contribution in [0.3, 0.4) is 0 Å². The molecule has 7 nitrogen and oxygen atoms in total. The first-order valence-corrected chi connectivity index (χ1v) is 9.72. The van der Waals surface area contributed by atoms with Crippen molar-refractivity contribution in [3.05, 3.63) is 70.9 Å². The molecule has 1 N–H and O–H groups in total. The Morgan fingerprint density at radius 3 is 2.30 bits per heavy atom. The SMILES string of the molecule is CCOC(=O)C1=C(COc2ccc(OC)cc2)N(C)C(=O)NC1c1ccc(C)cc1. The zero-order valence-corrected chi connectivity index (χ0v) is 17.6. The van der Waals surface area contributed by atoms with Crippen LogP contribution in [-0.4, -0.2) is 44.3 Å². The van der Waals surface area contributed by atoms with Gasteiger partial charge in [-0.15, -0.1) is 0 Å². The number of aryl methyl sites for hydroxylation is 1. The minimum absolute atomic E-state index is 0.0345. The summed E-state index contributed by atoms with van der Waals surface area (Å²) in [5.74, 6) is 0.823. The van der Waals surface area contributed by atoms with Crippen LogP contribution in [-0.2, 0) is 9.53 Å². The minimum atomic E-state index is -0.622. The summed E-state index contributed by atoms with van der Waals surface area (Å²) in [5.41, 5.74) is 2.70. The molecule has 0 saturated heterocycles. The smallest absolute Gasteiger partial charge is 0.338 e. The van der Waals surface area contributed by atoms with Gasteiger partial charge >= 0.3 is 12.0 Å². The number of nitrogens with one attached hydrogen (secondary N) is 1. The van der Waals surface area contributed by atoms with Gasteiger partial charge in [0.15, 0.2) is 0 Å². The second-order valence-electron chi connectivity index (χ2n) is 6.90. The summed E-state index contributed by atoms with van der Waals surface area (Å²) in [5, 5.41) is 2.89. The van der Waals surface area contributed by atoms with Gasteiger partial charge in [-0.2, -0.15) is 0 Å². The fourth-order valence-electron chi connectivity index (χ4n) is 3.21. The quantitative estimate of drug-likeness (QED) is 0.706. The highest BCUT2D eigenvalue weighted by molar-refractivity contribution is 5.95. The molecule has 2 aromatic rings. The average molecular weight is 410 g/mol. The van der Waals surface area contributed by atoms with Gasteiger partial charge in [0.05, 0.1) is 31.0 Å². The molecule has 3 rings (SSSR count). The number of carbonyl (C=O) groups excluding carboxylic acids is 2. The maximum Gasteiger partial charge on any atom is 0.338 e. The highest BCUT2D eigenvalue weighted by Crippen LogP contribution is 2.31. The van der Waals surface area contributed by atoms with Crippen LogP contribution in [0.5, 0.6) is 11.5 Å². The van der Waals surface area contributed by atoms with Crippen LogP contribution in [0.2, 0.25) is 0 Å². The maximum absolute atomic E-state index is 12.9. The predicted octanol–water partition coefficient (Wildman–Crippen LogP) is 3.60. The third kappa shape index (κ3) is 4.56. The minimum Gasteiger partial charge on any atom is -0.497 e. The summed E-state index contributed by atoms with van der Waals surface area (Å²) in [6.07, 6.45) is 0. The number of benzene rings is 2. The molecule has 30 heavy (non-hydrogen) atoms. The number of carbonyl (C=O) groups is 2. The Hall–Kier alpha value is -3.48. The molecule has 0 aromatic heterocycles. The fourth-order valence-corrected chi connectivity index (χ4v) is 3.21. The van der Waals surface area contributed by atoms with E-state index in [-0.39, 0.29) is 19.2 Å². The zero-order chi connectivity index (χ0) is 21.7. The molecular weight excluding hydrogens is 384 g/mol. The number of urea groups is 1. The van der Waals surface area contributed by atoms with Crippen molar-refractivity contribution >= 4 is 12.0 Å². The molecule has 2 amide bonds. The van der Waals surface area contributed by atoms with Crippen molar-refractivity contribution in [1.29, 1.82) is 0 Å². The van der Waals surface area contributed by atoms with Crippen LogP contribution >= 0.6 is 0 Å². The zero-order valence-electron chi connectivity index (χ0n) is 17.6. The Morgan fingerprint density at radius 1 is 1.07 bits per heavy atom. The molecule has 0 aliphatic carbocycles. The molecule has 1 unspecified atom stereocenters. The molecule has 1 heterocycles. The Morgan fingerprint density at radius 2 is 1.70 bits per heavy atom. The molecule has 1 atom stereocenters. The number of hydrogen-bond donors (Lipinski definition) is 1. The van der Waals surface area contributed by atoms with Crippen LogP contribution in [0, 0.1) is 6.92 Å². The molecule has 1 aliphatic heterocycles. The first-order chi connectivity index (χ1) is 14.4. The van der Waals surface area contributed by atoms with Gasteiger partial charge in [0, 0.05) is 7.05 Å². The molecule has 0 bridgehead atoms. The van der Waals surface area contributed by atoms with Crippen molar-refractivity contribution in [3.8, 4) is 11.5 Å². The molecule has 158 valence electrons. The monoisotopic (exact) mass is 410 g/mol. The number of nitrogens with zero attached hydrogens (tertiary/aromatic N) is 1. The largest absolute Gasteiger partial charge is 0.497 e. The summed E-state index contributed by atoms with van der Waals surface area (Å²) in [6, 6.07) is 13.8. The summed E-state index contributed by atoms with van der Waals surface area (Å²) < 4.78 is 16.3. The van der Waals surface area contributed by atoms with Gasteiger partial charge in [0.2, 0.25) is 0 Å². The van der Waals surface area contributed by atoms with Gasteiger partial charge in [-0.05, 0) is 43.7 Å². The Labute approximate surface area is 176 Å². The summed E-state index contributed by atoms with van der Waals surface area (Å²) in [7, 11) is 3.19. The summed E-state index contributed by atoms with van der Waals surface area (Å²) in [6.45, 7) is 3.99. The highest BCUT2D eigenvalue weighted by atomic mass is 16.5. The molecule has 7 heteroatoms. The molecule has 0 radical (unpaired) electrons. The number of hydrogen-bond acceptors (Lipinski definition) is 5. The second kappa shape index (κ2) is 9.35. The highest BCUT2D eigenvalue weighted by Gasteiger charge is 2.37. The fraction of sp³-hybridized carbons (Fsp3) is 0.304. The maximum atomic E-state index is 12.9. The van der Waals surface area contributed by atoms with Gasteiger partial charge in [-0.1, -0.05) is 29.8 Å². The van der Waals surface area contributed by atoms with Crippen molar-refractivity contribution in [2.75, 3.05) is 27.4 Å².